The summed E-state index contributed by atoms with van der Waals surface area (Å²) in [5.41, 5.74) is 5.22. The van der Waals surface area contributed by atoms with E-state index < -0.39 is 10.0 Å². The largest absolute Gasteiger partial charge is 0.322 e. The Hall–Kier alpha value is -2.83. The standard InChI is InChI=1S/C23H23ClN2O3S/c1-14-11-16(3)22(17(4)12-14)25-23(27)18-6-5-15(2)21(13-18)26-30(28,29)20-9-7-19(24)8-10-20/h5-13,26H,1-4H3,(H,25,27). The van der Waals surface area contributed by atoms with Crippen LogP contribution < -0.4 is 10.0 Å². The van der Waals surface area contributed by atoms with E-state index in [1.54, 1.807) is 19.1 Å². The van der Waals surface area contributed by atoms with Gasteiger partial charge in [0.05, 0.1) is 10.6 Å². The summed E-state index contributed by atoms with van der Waals surface area (Å²) in [6, 6.07) is 14.8. The van der Waals surface area contributed by atoms with Crippen molar-refractivity contribution in [3.63, 3.8) is 0 Å². The Bertz CT molecular complexity index is 1200. The van der Waals surface area contributed by atoms with Gasteiger partial charge in [0.15, 0.2) is 0 Å². The molecule has 5 nitrogen and oxygen atoms in total. The van der Waals surface area contributed by atoms with Gasteiger partial charge in [-0.2, -0.15) is 0 Å². The van der Waals surface area contributed by atoms with Crippen LogP contribution in [0.4, 0.5) is 11.4 Å². The third-order valence-electron chi connectivity index (χ3n) is 4.78. The Kier molecular flexibility index (Phi) is 6.19. The van der Waals surface area contributed by atoms with Crippen molar-refractivity contribution < 1.29 is 13.2 Å². The first kappa shape index (κ1) is 21.9. The second kappa shape index (κ2) is 8.50. The highest BCUT2D eigenvalue weighted by atomic mass is 35.5. The monoisotopic (exact) mass is 442 g/mol. The van der Waals surface area contributed by atoms with Crippen LogP contribution in [-0.2, 0) is 10.0 Å². The highest BCUT2D eigenvalue weighted by Gasteiger charge is 2.17. The van der Waals surface area contributed by atoms with Crippen molar-refractivity contribution >= 4 is 38.9 Å². The molecule has 3 aromatic carbocycles. The molecule has 0 radical (unpaired) electrons. The number of carbonyl (C=O) groups excluding carboxylic acids is 1. The number of nitrogens with one attached hydrogen (secondary N) is 2. The molecule has 1 amide bonds. The van der Waals surface area contributed by atoms with Gasteiger partial charge in [0, 0.05) is 16.3 Å². The van der Waals surface area contributed by atoms with Crippen LogP contribution in [0.3, 0.4) is 0 Å². The maximum atomic E-state index is 12.8. The molecule has 0 bridgehead atoms. The fraction of sp³-hybridized carbons (Fsp3) is 0.174. The molecule has 0 atom stereocenters. The summed E-state index contributed by atoms with van der Waals surface area (Å²) in [5.74, 6) is -0.308. The van der Waals surface area contributed by atoms with Crippen LogP contribution in [0.2, 0.25) is 5.02 Å². The summed E-state index contributed by atoms with van der Waals surface area (Å²) in [5, 5.41) is 3.39. The quantitative estimate of drug-likeness (QED) is 0.537. The lowest BCUT2D eigenvalue weighted by molar-refractivity contribution is 0.102. The number of anilines is 2. The molecule has 0 aliphatic carbocycles. The minimum absolute atomic E-state index is 0.0899. The first-order chi connectivity index (χ1) is 14.1. The average Bonchev–Trinajstić information content (AvgIpc) is 2.66. The molecule has 0 fully saturated rings. The van der Waals surface area contributed by atoms with Crippen molar-refractivity contribution in [2.45, 2.75) is 32.6 Å². The number of rotatable bonds is 5. The van der Waals surface area contributed by atoms with Crippen molar-refractivity contribution in [1.29, 1.82) is 0 Å². The number of hydrogen-bond donors (Lipinski definition) is 2. The second-order valence-electron chi connectivity index (χ2n) is 7.32. The molecule has 156 valence electrons. The summed E-state index contributed by atoms with van der Waals surface area (Å²) < 4.78 is 28.0. The molecule has 0 aromatic heterocycles. The molecule has 0 aliphatic heterocycles. The summed E-state index contributed by atoms with van der Waals surface area (Å²) >= 11 is 5.84. The van der Waals surface area contributed by atoms with Gasteiger partial charge >= 0.3 is 0 Å². The number of hydrogen-bond acceptors (Lipinski definition) is 3. The van der Waals surface area contributed by atoms with E-state index in [0.29, 0.717) is 21.8 Å². The Morgan fingerprint density at radius 1 is 0.833 bits per heavy atom. The molecule has 3 rings (SSSR count). The van der Waals surface area contributed by atoms with Crippen LogP contribution in [0, 0.1) is 27.7 Å². The zero-order valence-corrected chi connectivity index (χ0v) is 18.8. The van der Waals surface area contributed by atoms with Gasteiger partial charge in [0.2, 0.25) is 0 Å². The SMILES string of the molecule is Cc1cc(C)c(NC(=O)c2ccc(C)c(NS(=O)(=O)c3ccc(Cl)cc3)c2)c(C)c1. The summed E-state index contributed by atoms with van der Waals surface area (Å²) in [6.45, 7) is 7.66. The fourth-order valence-electron chi connectivity index (χ4n) is 3.25. The predicted octanol–water partition coefficient (Wildman–Crippen LogP) is 5.63. The zero-order valence-electron chi connectivity index (χ0n) is 17.2. The van der Waals surface area contributed by atoms with Gasteiger partial charge in [-0.3, -0.25) is 9.52 Å². The van der Waals surface area contributed by atoms with Crippen molar-refractivity contribution in [1.82, 2.24) is 0 Å². The lowest BCUT2D eigenvalue weighted by Gasteiger charge is -2.15. The minimum atomic E-state index is -3.81. The van der Waals surface area contributed by atoms with Crippen molar-refractivity contribution in [3.8, 4) is 0 Å². The van der Waals surface area contributed by atoms with Crippen molar-refractivity contribution in [2.75, 3.05) is 10.0 Å². The molecule has 2 N–H and O–H groups in total. The van der Waals surface area contributed by atoms with E-state index in [1.807, 2.05) is 32.9 Å². The highest BCUT2D eigenvalue weighted by molar-refractivity contribution is 7.92. The Morgan fingerprint density at radius 2 is 1.43 bits per heavy atom. The van der Waals surface area contributed by atoms with E-state index in [1.165, 1.54) is 30.3 Å². The molecule has 0 heterocycles. The molecule has 0 unspecified atom stereocenters. The maximum absolute atomic E-state index is 12.8. The number of sulfonamides is 1. The first-order valence-corrected chi connectivity index (χ1v) is 11.2. The maximum Gasteiger partial charge on any atom is 0.261 e. The van der Waals surface area contributed by atoms with Crippen molar-refractivity contribution in [3.05, 3.63) is 87.4 Å². The summed E-state index contributed by atoms with van der Waals surface area (Å²) in [6.07, 6.45) is 0. The van der Waals surface area contributed by atoms with Gasteiger partial charge in [-0.25, -0.2) is 8.42 Å². The predicted molar refractivity (Wildman–Crippen MR) is 122 cm³/mol. The molecule has 0 spiro atoms. The van der Waals surface area contributed by atoms with Gasteiger partial charge in [-0.15, -0.1) is 0 Å². The van der Waals surface area contributed by atoms with Gasteiger partial charge in [0.1, 0.15) is 0 Å². The normalized spacial score (nSPS) is 11.2. The lowest BCUT2D eigenvalue weighted by Crippen LogP contribution is -2.17. The van der Waals surface area contributed by atoms with Crippen molar-refractivity contribution in [2.24, 2.45) is 0 Å². The zero-order chi connectivity index (χ0) is 22.1. The van der Waals surface area contributed by atoms with Crippen LogP contribution in [0.25, 0.3) is 0 Å². The molecule has 0 aliphatic rings. The molecule has 7 heteroatoms. The van der Waals surface area contributed by atoms with E-state index in [4.69, 9.17) is 11.6 Å². The molecule has 30 heavy (non-hydrogen) atoms. The first-order valence-electron chi connectivity index (χ1n) is 9.35. The number of amides is 1. The van der Waals surface area contributed by atoms with E-state index in [0.717, 1.165) is 22.4 Å². The topological polar surface area (TPSA) is 75.3 Å². The molecule has 0 saturated carbocycles. The van der Waals surface area contributed by atoms with Crippen LogP contribution in [0.1, 0.15) is 32.6 Å². The molecule has 3 aromatic rings. The molecular formula is C23H23ClN2O3S. The Morgan fingerprint density at radius 3 is 2.03 bits per heavy atom. The number of halogens is 1. The molecule has 0 saturated heterocycles. The van der Waals surface area contributed by atoms with Crippen LogP contribution in [-0.4, -0.2) is 14.3 Å². The van der Waals surface area contributed by atoms with Crippen LogP contribution >= 0.6 is 11.6 Å². The average molecular weight is 443 g/mol. The fourth-order valence-corrected chi connectivity index (χ4v) is 4.50. The minimum Gasteiger partial charge on any atom is -0.322 e. The number of benzene rings is 3. The van der Waals surface area contributed by atoms with E-state index in [-0.39, 0.29) is 10.8 Å². The van der Waals surface area contributed by atoms with E-state index >= 15 is 0 Å². The van der Waals surface area contributed by atoms with E-state index in [9.17, 15) is 13.2 Å². The van der Waals surface area contributed by atoms with Gasteiger partial charge in [-0.05, 0) is 80.8 Å². The van der Waals surface area contributed by atoms with Crippen LogP contribution in [0.5, 0.6) is 0 Å². The van der Waals surface area contributed by atoms with Gasteiger partial charge < -0.3 is 5.32 Å². The highest BCUT2D eigenvalue weighted by Crippen LogP contribution is 2.25. The van der Waals surface area contributed by atoms with Gasteiger partial charge in [0.25, 0.3) is 15.9 Å². The Labute approximate surface area is 182 Å². The number of aryl methyl sites for hydroxylation is 4. The summed E-state index contributed by atoms with van der Waals surface area (Å²) in [7, 11) is -3.81. The molecular weight excluding hydrogens is 420 g/mol. The number of carbonyl (C=O) groups is 1. The van der Waals surface area contributed by atoms with Crippen LogP contribution in [0.15, 0.2) is 59.5 Å². The third kappa shape index (κ3) is 4.83. The smallest absolute Gasteiger partial charge is 0.261 e. The Balaban J connectivity index is 1.88. The van der Waals surface area contributed by atoms with E-state index in [2.05, 4.69) is 10.0 Å². The summed E-state index contributed by atoms with van der Waals surface area (Å²) in [4.78, 5) is 12.9. The third-order valence-corrected chi connectivity index (χ3v) is 6.42. The van der Waals surface area contributed by atoms with Gasteiger partial charge in [-0.1, -0.05) is 35.4 Å². The second-order valence-corrected chi connectivity index (χ2v) is 9.44. The lowest BCUT2D eigenvalue weighted by atomic mass is 10.0.